The van der Waals surface area contributed by atoms with Gasteiger partial charge in [0.1, 0.15) is 17.1 Å². The van der Waals surface area contributed by atoms with Gasteiger partial charge in [0.15, 0.2) is 18.2 Å². The van der Waals surface area contributed by atoms with Gasteiger partial charge in [0, 0.05) is 18.1 Å². The van der Waals surface area contributed by atoms with Gasteiger partial charge in [0.25, 0.3) is 0 Å². The third-order valence-electron chi connectivity index (χ3n) is 4.85. The Balaban J connectivity index is 1.69. The molecule has 0 bridgehead atoms. The Bertz CT molecular complexity index is 1030. The highest BCUT2D eigenvalue weighted by Crippen LogP contribution is 2.36. The molecule has 2 atom stereocenters. The molecule has 148 valence electrons. The molecule has 1 saturated heterocycles. The summed E-state index contributed by atoms with van der Waals surface area (Å²) in [4.78, 5) is 3.99. The molecule has 3 aromatic rings. The molecule has 1 aliphatic heterocycles. The molecule has 1 fully saturated rings. The van der Waals surface area contributed by atoms with Crippen LogP contribution in [0.5, 0.6) is 11.8 Å². The van der Waals surface area contributed by atoms with Crippen LogP contribution in [0.4, 0.5) is 12.7 Å². The zero-order valence-corrected chi connectivity index (χ0v) is 15.7. The number of imidazole rings is 1. The van der Waals surface area contributed by atoms with Crippen LogP contribution in [0.1, 0.15) is 23.5 Å². The number of aliphatic hydroxyl groups excluding tert-OH is 1. The molecule has 0 amide bonds. The second-order valence-electron chi connectivity index (χ2n) is 6.71. The molecule has 0 radical (unpaired) electrons. The number of halogens is 3. The first kappa shape index (κ1) is 19.1. The zero-order chi connectivity index (χ0) is 19.8. The molecule has 5 nitrogen and oxygen atoms in total. The van der Waals surface area contributed by atoms with Gasteiger partial charge in [-0.15, -0.1) is 3.89 Å². The number of hydrogen-bond donors (Lipinski definition) is 1. The van der Waals surface area contributed by atoms with Gasteiger partial charge in [0.2, 0.25) is 0 Å². The molecule has 4 rings (SSSR count). The fraction of sp³-hybridized carbons (Fsp3) is 0.316. The average molecular weight is 410 g/mol. The van der Waals surface area contributed by atoms with Gasteiger partial charge in [-0.25, -0.2) is 12.8 Å². The third-order valence-corrected chi connectivity index (χ3v) is 5.34. The Kier molecular flexibility index (Phi) is 5.22. The fourth-order valence-corrected chi connectivity index (χ4v) is 3.69. The van der Waals surface area contributed by atoms with E-state index < -0.39 is 11.6 Å². The van der Waals surface area contributed by atoms with Crippen LogP contribution < -0.4 is 4.74 Å². The van der Waals surface area contributed by atoms with E-state index in [1.165, 1.54) is 0 Å². The Morgan fingerprint density at radius 2 is 2.14 bits per heavy atom. The summed E-state index contributed by atoms with van der Waals surface area (Å²) in [6, 6.07) is 7.09. The quantitative estimate of drug-likeness (QED) is 0.663. The normalized spacial score (nSPS) is 19.5. The van der Waals surface area contributed by atoms with Crippen molar-refractivity contribution in [1.29, 1.82) is 0 Å². The Labute approximate surface area is 163 Å². The number of nitrogens with zero attached hydrogens (tertiary/aromatic N) is 2. The summed E-state index contributed by atoms with van der Waals surface area (Å²) >= 11 is -0.245. The van der Waals surface area contributed by atoms with Gasteiger partial charge < -0.3 is 14.6 Å². The van der Waals surface area contributed by atoms with E-state index in [1.54, 1.807) is 6.07 Å². The maximum atomic E-state index is 14.0. The maximum absolute atomic E-state index is 14.0. The number of aromatic nitrogens is 2. The van der Waals surface area contributed by atoms with Crippen molar-refractivity contribution in [3.05, 3.63) is 53.1 Å². The first-order valence-corrected chi connectivity index (χ1v) is 9.35. The van der Waals surface area contributed by atoms with Crippen molar-refractivity contribution in [3.8, 4) is 11.8 Å². The smallest absolute Gasteiger partial charge is 0.315 e. The van der Waals surface area contributed by atoms with Crippen molar-refractivity contribution in [2.45, 2.75) is 25.4 Å². The van der Waals surface area contributed by atoms with Gasteiger partial charge in [-0.1, -0.05) is 12.1 Å². The van der Waals surface area contributed by atoms with Crippen molar-refractivity contribution in [3.63, 3.8) is 0 Å². The van der Waals surface area contributed by atoms with Gasteiger partial charge in [0.05, 0.1) is 24.8 Å². The number of ether oxygens (including phenoxy) is 2. The second-order valence-corrected chi connectivity index (χ2v) is 7.21. The Morgan fingerprint density at radius 1 is 1.32 bits per heavy atom. The lowest BCUT2D eigenvalue weighted by Gasteiger charge is -2.13. The lowest BCUT2D eigenvalue weighted by atomic mass is 9.95. The average Bonchev–Trinajstić information content (AvgIpc) is 3.28. The summed E-state index contributed by atoms with van der Waals surface area (Å²) in [5, 5.41) is 9.24. The van der Waals surface area contributed by atoms with Crippen LogP contribution in [-0.4, -0.2) is 33.4 Å². The molecule has 1 aromatic heterocycles. The van der Waals surface area contributed by atoms with E-state index in [2.05, 4.69) is 4.98 Å². The number of aliphatic hydroxyl groups is 1. The molecule has 1 N–H and O–H groups in total. The van der Waals surface area contributed by atoms with E-state index in [9.17, 15) is 17.8 Å². The summed E-state index contributed by atoms with van der Waals surface area (Å²) < 4.78 is 53.2. The molecule has 1 aliphatic rings. The van der Waals surface area contributed by atoms with Crippen LogP contribution in [0.2, 0.25) is 0 Å². The molecule has 2 unspecified atom stereocenters. The van der Waals surface area contributed by atoms with Crippen LogP contribution in [-0.2, 0) is 4.74 Å². The van der Waals surface area contributed by atoms with E-state index >= 15 is 0 Å². The van der Waals surface area contributed by atoms with Crippen molar-refractivity contribution in [2.24, 2.45) is 0 Å². The minimum Gasteiger partial charge on any atom is -0.425 e. The number of benzene rings is 2. The molecule has 0 spiro atoms. The number of aryl methyl sites for hydroxylation is 1. The Hall–Kier alpha value is -2.23. The second kappa shape index (κ2) is 7.65. The van der Waals surface area contributed by atoms with Crippen molar-refractivity contribution in [2.75, 3.05) is 13.2 Å². The van der Waals surface area contributed by atoms with Crippen molar-refractivity contribution in [1.82, 2.24) is 8.96 Å². The van der Waals surface area contributed by atoms with Gasteiger partial charge >= 0.3 is 6.01 Å². The molecule has 2 heterocycles. The summed E-state index contributed by atoms with van der Waals surface area (Å²) in [5.74, 6) is -1.20. The van der Waals surface area contributed by atoms with E-state index in [0.717, 1.165) is 21.2 Å². The fourth-order valence-electron chi connectivity index (χ4n) is 3.34. The highest BCUT2D eigenvalue weighted by Gasteiger charge is 2.27. The number of hydrogen-bond acceptors (Lipinski definition) is 5. The van der Waals surface area contributed by atoms with Crippen molar-refractivity contribution >= 4 is 23.4 Å². The van der Waals surface area contributed by atoms with E-state index in [-0.39, 0.29) is 48.0 Å². The van der Waals surface area contributed by atoms with E-state index in [0.29, 0.717) is 24.8 Å². The SMILES string of the molecule is Cc1ccc(C2COC(CO)C2)cc1Oc1nc2c(F)cc(F)cc2n1SF. The van der Waals surface area contributed by atoms with Crippen LogP contribution in [0, 0.1) is 18.6 Å². The Morgan fingerprint density at radius 3 is 2.86 bits per heavy atom. The lowest BCUT2D eigenvalue weighted by molar-refractivity contribution is 0.0585. The van der Waals surface area contributed by atoms with Gasteiger partial charge in [-0.05, 0) is 30.5 Å². The predicted molar refractivity (Wildman–Crippen MR) is 99.2 cm³/mol. The molecule has 28 heavy (non-hydrogen) atoms. The van der Waals surface area contributed by atoms with Crippen molar-refractivity contribution < 1.29 is 27.2 Å². The predicted octanol–water partition coefficient (Wildman–Crippen LogP) is 4.66. The minimum absolute atomic E-state index is 0.0361. The first-order chi connectivity index (χ1) is 13.5. The van der Waals surface area contributed by atoms with Crippen LogP contribution in [0.15, 0.2) is 30.3 Å². The maximum Gasteiger partial charge on any atom is 0.315 e. The van der Waals surface area contributed by atoms with Crippen LogP contribution in [0.3, 0.4) is 0 Å². The third kappa shape index (κ3) is 3.45. The number of fused-ring (bicyclic) bond motifs is 1. The van der Waals surface area contributed by atoms with Gasteiger partial charge in [-0.2, -0.15) is 4.98 Å². The standard InChI is InChI=1S/C19H17F3N2O3S/c1-10-2-3-11(12-4-14(8-25)26-9-12)5-17(10)27-19-23-18-15(21)6-13(20)7-16(18)24(19)28-22/h2-3,5-7,12,14,25H,4,8-9H2,1H3. The largest absolute Gasteiger partial charge is 0.425 e. The highest BCUT2D eigenvalue weighted by molar-refractivity contribution is 7.93. The van der Waals surface area contributed by atoms with Crippen LogP contribution >= 0.6 is 12.3 Å². The highest BCUT2D eigenvalue weighted by atomic mass is 32.2. The molecular weight excluding hydrogens is 393 g/mol. The molecule has 2 aromatic carbocycles. The summed E-state index contributed by atoms with van der Waals surface area (Å²) in [5.41, 5.74) is 1.49. The lowest BCUT2D eigenvalue weighted by Crippen LogP contribution is -2.09. The minimum atomic E-state index is -0.892. The summed E-state index contributed by atoms with van der Waals surface area (Å²) in [7, 11) is 0. The number of rotatable bonds is 5. The van der Waals surface area contributed by atoms with Gasteiger partial charge in [-0.3, -0.25) is 0 Å². The topological polar surface area (TPSA) is 56.5 Å². The zero-order valence-electron chi connectivity index (χ0n) is 14.9. The summed E-state index contributed by atoms with van der Waals surface area (Å²) in [6.07, 6.45) is 0.489. The molecule has 0 aliphatic carbocycles. The monoisotopic (exact) mass is 410 g/mol. The summed E-state index contributed by atoms with van der Waals surface area (Å²) in [6.45, 7) is 2.26. The van der Waals surface area contributed by atoms with Crippen LogP contribution in [0.25, 0.3) is 11.0 Å². The molecule has 0 saturated carbocycles. The first-order valence-electron chi connectivity index (χ1n) is 8.67. The van der Waals surface area contributed by atoms with E-state index in [1.807, 2.05) is 19.1 Å². The molecular formula is C19H17F3N2O3S. The molecule has 9 heteroatoms. The van der Waals surface area contributed by atoms with E-state index in [4.69, 9.17) is 9.47 Å².